The largest absolute Gasteiger partial charge is 0.330 e. The van der Waals surface area contributed by atoms with Gasteiger partial charge in [-0.2, -0.15) is 0 Å². The van der Waals surface area contributed by atoms with E-state index in [1.165, 1.54) is 25.7 Å². The van der Waals surface area contributed by atoms with Gasteiger partial charge in [-0.25, -0.2) is 8.42 Å². The van der Waals surface area contributed by atoms with Crippen molar-refractivity contribution in [3.05, 3.63) is 0 Å². The summed E-state index contributed by atoms with van der Waals surface area (Å²) < 4.78 is 23.1. The van der Waals surface area contributed by atoms with E-state index in [9.17, 15) is 8.42 Å². The minimum atomic E-state index is -2.78. The van der Waals surface area contributed by atoms with Gasteiger partial charge < -0.3 is 5.73 Å². The Morgan fingerprint density at radius 1 is 1.17 bits per heavy atom. The molecule has 18 heavy (non-hydrogen) atoms. The van der Waals surface area contributed by atoms with Crippen LogP contribution in [0.5, 0.6) is 0 Å². The van der Waals surface area contributed by atoms with E-state index < -0.39 is 9.84 Å². The summed E-state index contributed by atoms with van der Waals surface area (Å²) in [6.07, 6.45) is 5.03. The maximum atomic E-state index is 11.5. The summed E-state index contributed by atoms with van der Waals surface area (Å²) in [5.41, 5.74) is 5.71. The highest BCUT2D eigenvalue weighted by Gasteiger charge is 2.30. The first-order valence-electron chi connectivity index (χ1n) is 7.14. The highest BCUT2D eigenvalue weighted by Crippen LogP contribution is 2.29. The Balaban J connectivity index is 1.80. The van der Waals surface area contributed by atoms with E-state index in [4.69, 9.17) is 5.73 Å². The number of nitrogens with zero attached hydrogens (tertiary/aromatic N) is 1. The Morgan fingerprint density at radius 2 is 1.78 bits per heavy atom. The van der Waals surface area contributed by atoms with Crippen LogP contribution in [-0.4, -0.2) is 50.5 Å². The Hall–Kier alpha value is -0.130. The summed E-state index contributed by atoms with van der Waals surface area (Å²) in [6, 6.07) is 0.191. The molecule has 0 aromatic carbocycles. The lowest BCUT2D eigenvalue weighted by Crippen LogP contribution is -2.48. The predicted molar refractivity (Wildman–Crippen MR) is 74.2 cm³/mol. The van der Waals surface area contributed by atoms with Crippen LogP contribution in [0, 0.1) is 11.8 Å². The zero-order valence-corrected chi connectivity index (χ0v) is 12.2. The van der Waals surface area contributed by atoms with E-state index in [1.54, 1.807) is 0 Å². The minimum Gasteiger partial charge on any atom is -0.330 e. The van der Waals surface area contributed by atoms with E-state index in [-0.39, 0.29) is 6.04 Å². The van der Waals surface area contributed by atoms with Crippen molar-refractivity contribution in [2.45, 2.75) is 38.6 Å². The highest BCUT2D eigenvalue weighted by molar-refractivity contribution is 7.91. The number of hydrogen-bond donors (Lipinski definition) is 1. The molecule has 1 saturated heterocycles. The Kier molecular flexibility index (Phi) is 4.67. The van der Waals surface area contributed by atoms with E-state index >= 15 is 0 Å². The molecule has 0 bridgehead atoms. The van der Waals surface area contributed by atoms with Crippen LogP contribution >= 0.6 is 0 Å². The second kappa shape index (κ2) is 5.88. The lowest BCUT2D eigenvalue weighted by atomic mass is 9.81. The molecule has 0 spiro atoms. The molecular weight excluding hydrogens is 248 g/mol. The van der Waals surface area contributed by atoms with Crippen molar-refractivity contribution in [1.29, 1.82) is 0 Å². The monoisotopic (exact) mass is 274 g/mol. The van der Waals surface area contributed by atoms with Crippen molar-refractivity contribution < 1.29 is 8.42 Å². The molecule has 4 nitrogen and oxygen atoms in total. The van der Waals surface area contributed by atoms with Gasteiger partial charge in [0, 0.05) is 19.1 Å². The van der Waals surface area contributed by atoms with Gasteiger partial charge in [0.05, 0.1) is 11.5 Å². The van der Waals surface area contributed by atoms with Crippen molar-refractivity contribution in [3.8, 4) is 0 Å². The number of rotatable bonds is 3. The van der Waals surface area contributed by atoms with Crippen LogP contribution in [0.15, 0.2) is 0 Å². The maximum Gasteiger partial charge on any atom is 0.153 e. The highest BCUT2D eigenvalue weighted by atomic mass is 32.2. The molecule has 1 aliphatic carbocycles. The van der Waals surface area contributed by atoms with E-state index in [0.29, 0.717) is 11.5 Å². The van der Waals surface area contributed by atoms with E-state index in [0.717, 1.165) is 31.5 Å². The lowest BCUT2D eigenvalue weighted by Gasteiger charge is -2.37. The van der Waals surface area contributed by atoms with Crippen LogP contribution in [-0.2, 0) is 9.84 Å². The first-order chi connectivity index (χ1) is 8.50. The molecular formula is C13H26N2O2S. The third-order valence-corrected chi connectivity index (χ3v) is 6.40. The fraction of sp³-hybridized carbons (Fsp3) is 1.00. The van der Waals surface area contributed by atoms with Gasteiger partial charge in [-0.15, -0.1) is 0 Å². The van der Waals surface area contributed by atoms with Crippen LogP contribution in [0.2, 0.25) is 0 Å². The van der Waals surface area contributed by atoms with Gasteiger partial charge in [0.2, 0.25) is 0 Å². The second-order valence-corrected chi connectivity index (χ2v) is 8.31. The molecule has 1 atom stereocenters. The van der Waals surface area contributed by atoms with Gasteiger partial charge in [-0.3, -0.25) is 4.90 Å². The van der Waals surface area contributed by atoms with Crippen LogP contribution in [0.25, 0.3) is 0 Å². The van der Waals surface area contributed by atoms with Gasteiger partial charge in [0.15, 0.2) is 9.84 Å². The molecule has 106 valence electrons. The molecule has 0 amide bonds. The van der Waals surface area contributed by atoms with Gasteiger partial charge >= 0.3 is 0 Å². The van der Waals surface area contributed by atoms with Crippen molar-refractivity contribution in [3.63, 3.8) is 0 Å². The van der Waals surface area contributed by atoms with Crippen LogP contribution in [0.3, 0.4) is 0 Å². The third kappa shape index (κ3) is 3.68. The third-order valence-electron chi connectivity index (χ3n) is 4.60. The van der Waals surface area contributed by atoms with E-state index in [1.807, 2.05) is 6.92 Å². The molecule has 2 N–H and O–H groups in total. The standard InChI is InChI=1S/C13H26N2O2S/c1-11-10-18(16,17)7-6-15(11)9-13-4-2-12(8-14)3-5-13/h11-13H,2-10,14H2,1H3. The number of nitrogens with two attached hydrogens (primary N) is 1. The summed E-state index contributed by atoms with van der Waals surface area (Å²) in [6.45, 7) is 4.67. The first-order valence-corrected chi connectivity index (χ1v) is 8.97. The molecule has 2 rings (SSSR count). The minimum absolute atomic E-state index is 0.191. The van der Waals surface area contributed by atoms with Crippen molar-refractivity contribution in [1.82, 2.24) is 4.90 Å². The summed E-state index contributed by atoms with van der Waals surface area (Å²) in [5, 5.41) is 0. The zero-order valence-electron chi connectivity index (χ0n) is 11.3. The molecule has 2 aliphatic rings. The Bertz CT molecular complexity index is 361. The van der Waals surface area contributed by atoms with Gasteiger partial charge in [-0.05, 0) is 51.0 Å². The molecule has 0 aromatic rings. The van der Waals surface area contributed by atoms with Crippen molar-refractivity contribution in [2.24, 2.45) is 17.6 Å². The van der Waals surface area contributed by atoms with Crippen molar-refractivity contribution in [2.75, 3.05) is 31.1 Å². The summed E-state index contributed by atoms with van der Waals surface area (Å²) in [4.78, 5) is 2.37. The average molecular weight is 274 g/mol. The van der Waals surface area contributed by atoms with Crippen molar-refractivity contribution >= 4 is 9.84 Å². The number of sulfone groups is 1. The smallest absolute Gasteiger partial charge is 0.153 e. The van der Waals surface area contributed by atoms with Gasteiger partial charge in [0.1, 0.15) is 0 Å². The average Bonchev–Trinajstić information content (AvgIpc) is 2.33. The predicted octanol–water partition coefficient (Wildman–Crippen LogP) is 0.870. The molecule has 1 aliphatic heterocycles. The van der Waals surface area contributed by atoms with Crippen LogP contribution in [0.4, 0.5) is 0 Å². The Labute approximate surface area is 111 Å². The number of hydrogen-bond acceptors (Lipinski definition) is 4. The maximum absolute atomic E-state index is 11.5. The van der Waals surface area contributed by atoms with Crippen LogP contribution in [0.1, 0.15) is 32.6 Å². The van der Waals surface area contributed by atoms with E-state index in [2.05, 4.69) is 4.90 Å². The molecule has 0 radical (unpaired) electrons. The second-order valence-electron chi connectivity index (χ2n) is 6.08. The molecule has 1 saturated carbocycles. The topological polar surface area (TPSA) is 63.4 Å². The molecule has 5 heteroatoms. The SMILES string of the molecule is CC1CS(=O)(=O)CCN1CC1CCC(CN)CC1. The molecule has 2 fully saturated rings. The molecule has 0 aromatic heterocycles. The zero-order chi connectivity index (χ0) is 13.2. The normalized spacial score (nSPS) is 37.6. The lowest BCUT2D eigenvalue weighted by molar-refractivity contribution is 0.156. The fourth-order valence-electron chi connectivity index (χ4n) is 3.29. The summed E-state index contributed by atoms with van der Waals surface area (Å²) in [7, 11) is -2.78. The van der Waals surface area contributed by atoms with Gasteiger partial charge in [0.25, 0.3) is 0 Å². The quantitative estimate of drug-likeness (QED) is 0.829. The summed E-state index contributed by atoms with van der Waals surface area (Å²) >= 11 is 0. The van der Waals surface area contributed by atoms with Gasteiger partial charge in [-0.1, -0.05) is 0 Å². The van der Waals surface area contributed by atoms with Crippen LogP contribution < -0.4 is 5.73 Å². The molecule has 1 unspecified atom stereocenters. The Morgan fingerprint density at radius 3 is 2.33 bits per heavy atom. The fourth-order valence-corrected chi connectivity index (χ4v) is 4.91. The summed E-state index contributed by atoms with van der Waals surface area (Å²) in [5.74, 6) is 2.15. The molecule has 1 heterocycles. The first kappa shape index (κ1) is 14.3.